The van der Waals surface area contributed by atoms with Crippen LogP contribution in [-0.4, -0.2) is 0 Å². The molecular formula is C17H33F2. The van der Waals surface area contributed by atoms with Crippen LogP contribution < -0.4 is 0 Å². The third-order valence-electron chi connectivity index (χ3n) is 4.70. The first-order chi connectivity index (χ1) is 8.88. The Bertz CT molecular complexity index is 223. The molecule has 1 atom stereocenters. The van der Waals surface area contributed by atoms with Crippen LogP contribution >= 0.6 is 0 Å². The topological polar surface area (TPSA) is 0 Å². The van der Waals surface area contributed by atoms with Crippen LogP contribution in [0.1, 0.15) is 92.4 Å². The van der Waals surface area contributed by atoms with Gasteiger partial charge in [-0.25, -0.2) is 0 Å². The lowest BCUT2D eigenvalue weighted by Crippen LogP contribution is -2.40. The quantitative estimate of drug-likeness (QED) is 0.356. The van der Waals surface area contributed by atoms with E-state index >= 15 is 0 Å². The molecule has 0 amide bonds. The molecule has 2 heteroatoms. The molecule has 1 unspecified atom stereocenters. The molecule has 115 valence electrons. The molecule has 0 aliphatic carbocycles. The molecule has 0 fully saturated rings. The van der Waals surface area contributed by atoms with Gasteiger partial charge in [-0.05, 0) is 24.7 Å². The Morgan fingerprint density at radius 3 is 1.74 bits per heavy atom. The molecule has 0 aromatic heterocycles. The molecule has 0 rings (SSSR count). The summed E-state index contributed by atoms with van der Waals surface area (Å²) in [6.45, 7) is 10.4. The molecule has 0 aromatic carbocycles. The summed E-state index contributed by atoms with van der Waals surface area (Å²) in [6.07, 6.45) is 6.85. The SMILES string of the molecule is CCCCCC(CCC)([C](F)F)C(C)(C)CCCC. The van der Waals surface area contributed by atoms with Gasteiger partial charge in [0.15, 0.2) is 0 Å². The van der Waals surface area contributed by atoms with Crippen molar-refractivity contribution in [1.29, 1.82) is 0 Å². The van der Waals surface area contributed by atoms with Gasteiger partial charge < -0.3 is 0 Å². The van der Waals surface area contributed by atoms with E-state index in [4.69, 9.17) is 0 Å². The highest BCUT2D eigenvalue weighted by Crippen LogP contribution is 2.56. The fraction of sp³-hybridized carbons (Fsp3) is 0.941. The minimum Gasteiger partial charge on any atom is -0.199 e. The summed E-state index contributed by atoms with van der Waals surface area (Å²) in [5, 5.41) is 0. The van der Waals surface area contributed by atoms with Crippen LogP contribution in [0.5, 0.6) is 0 Å². The van der Waals surface area contributed by atoms with Crippen LogP contribution in [0, 0.1) is 17.3 Å². The molecule has 0 aliphatic rings. The van der Waals surface area contributed by atoms with E-state index in [1.54, 1.807) is 0 Å². The molecule has 0 bridgehead atoms. The number of rotatable bonds is 11. The monoisotopic (exact) mass is 275 g/mol. The second-order valence-electron chi connectivity index (χ2n) is 6.54. The van der Waals surface area contributed by atoms with Crippen LogP contribution in [0.25, 0.3) is 0 Å². The van der Waals surface area contributed by atoms with E-state index in [2.05, 4.69) is 13.8 Å². The van der Waals surface area contributed by atoms with Crippen LogP contribution in [0.3, 0.4) is 0 Å². The maximum Gasteiger partial charge on any atom is 0.316 e. The van der Waals surface area contributed by atoms with Gasteiger partial charge >= 0.3 is 6.43 Å². The van der Waals surface area contributed by atoms with Crippen LogP contribution in [0.15, 0.2) is 0 Å². The van der Waals surface area contributed by atoms with Crippen LogP contribution in [0.2, 0.25) is 0 Å². The summed E-state index contributed by atoms with van der Waals surface area (Å²) in [6, 6.07) is 0. The van der Waals surface area contributed by atoms with E-state index in [0.717, 1.165) is 44.9 Å². The van der Waals surface area contributed by atoms with Gasteiger partial charge in [-0.1, -0.05) is 73.1 Å². The van der Waals surface area contributed by atoms with Crippen LogP contribution in [-0.2, 0) is 0 Å². The zero-order chi connectivity index (χ0) is 14.9. The van der Waals surface area contributed by atoms with Crippen molar-refractivity contribution in [3.05, 3.63) is 6.43 Å². The van der Waals surface area contributed by atoms with Crippen molar-refractivity contribution in [3.8, 4) is 0 Å². The number of hydrogen-bond donors (Lipinski definition) is 0. The number of hydrogen-bond acceptors (Lipinski definition) is 0. The fourth-order valence-corrected chi connectivity index (χ4v) is 3.21. The maximum atomic E-state index is 13.8. The second kappa shape index (κ2) is 8.92. The Balaban J connectivity index is 5.06. The maximum absolute atomic E-state index is 13.8. The Kier molecular flexibility index (Phi) is 8.85. The van der Waals surface area contributed by atoms with E-state index in [9.17, 15) is 8.78 Å². The number of halogens is 2. The standard InChI is InChI=1S/C17H33F2/c1-6-9-11-14-17(12-8-3,15(18)19)16(4,5)13-10-7-2/h6-14H2,1-5H3. The highest BCUT2D eigenvalue weighted by Gasteiger charge is 2.51. The van der Waals surface area contributed by atoms with Gasteiger partial charge in [0.2, 0.25) is 0 Å². The van der Waals surface area contributed by atoms with Gasteiger partial charge in [-0.2, -0.15) is 8.78 Å². The van der Waals surface area contributed by atoms with Crippen LogP contribution in [0.4, 0.5) is 8.78 Å². The first-order valence-electron chi connectivity index (χ1n) is 8.06. The highest BCUT2D eigenvalue weighted by molar-refractivity contribution is 5.01. The van der Waals surface area contributed by atoms with Crippen molar-refractivity contribution in [2.45, 2.75) is 92.4 Å². The minimum atomic E-state index is -1.33. The van der Waals surface area contributed by atoms with Crippen molar-refractivity contribution < 1.29 is 8.78 Å². The molecule has 0 aliphatic heterocycles. The fourth-order valence-electron chi connectivity index (χ4n) is 3.21. The molecule has 0 spiro atoms. The first kappa shape index (κ1) is 18.9. The van der Waals surface area contributed by atoms with Gasteiger partial charge in [-0.15, -0.1) is 0 Å². The second-order valence-corrected chi connectivity index (χ2v) is 6.54. The largest absolute Gasteiger partial charge is 0.316 e. The summed E-state index contributed by atoms with van der Waals surface area (Å²) in [7, 11) is 0. The van der Waals surface area contributed by atoms with Crippen molar-refractivity contribution in [2.75, 3.05) is 0 Å². The Morgan fingerprint density at radius 1 is 0.737 bits per heavy atom. The molecule has 0 saturated carbocycles. The van der Waals surface area contributed by atoms with Crippen molar-refractivity contribution >= 4 is 0 Å². The van der Waals surface area contributed by atoms with Crippen molar-refractivity contribution in [2.24, 2.45) is 10.8 Å². The predicted molar refractivity (Wildman–Crippen MR) is 80.2 cm³/mol. The number of unbranched alkanes of at least 4 members (excludes halogenated alkanes) is 3. The van der Waals surface area contributed by atoms with E-state index in [-0.39, 0.29) is 5.41 Å². The average molecular weight is 275 g/mol. The van der Waals surface area contributed by atoms with Gasteiger partial charge in [0.1, 0.15) is 0 Å². The summed E-state index contributed by atoms with van der Waals surface area (Å²) in [4.78, 5) is 0. The molecule has 0 N–H and O–H groups in total. The molecule has 1 radical (unpaired) electrons. The Labute approximate surface area is 119 Å². The van der Waals surface area contributed by atoms with Gasteiger partial charge in [-0.3, -0.25) is 0 Å². The Hall–Kier alpha value is -0.140. The summed E-state index contributed by atoms with van der Waals surface area (Å²) in [5.74, 6) is 0. The molecule has 0 saturated heterocycles. The van der Waals surface area contributed by atoms with Gasteiger partial charge in [0.25, 0.3) is 0 Å². The summed E-state index contributed by atoms with van der Waals surface area (Å²) < 4.78 is 27.6. The minimum absolute atomic E-state index is 0.300. The third kappa shape index (κ3) is 5.04. The third-order valence-corrected chi connectivity index (χ3v) is 4.70. The van der Waals surface area contributed by atoms with E-state index in [1.807, 2.05) is 20.8 Å². The first-order valence-corrected chi connectivity index (χ1v) is 8.06. The van der Waals surface area contributed by atoms with E-state index < -0.39 is 11.8 Å². The normalized spacial score (nSPS) is 15.8. The Morgan fingerprint density at radius 2 is 1.32 bits per heavy atom. The lowest BCUT2D eigenvalue weighted by Gasteiger charge is -2.46. The molecule has 0 aromatic rings. The van der Waals surface area contributed by atoms with Gasteiger partial charge in [0, 0.05) is 5.41 Å². The van der Waals surface area contributed by atoms with E-state index in [1.165, 1.54) is 0 Å². The lowest BCUT2D eigenvalue weighted by atomic mass is 9.59. The van der Waals surface area contributed by atoms with E-state index in [0.29, 0.717) is 12.8 Å². The predicted octanol–water partition coefficient (Wildman–Crippen LogP) is 7.00. The highest BCUT2D eigenvalue weighted by atomic mass is 19.3. The summed E-state index contributed by atoms with van der Waals surface area (Å²) >= 11 is 0. The van der Waals surface area contributed by atoms with Gasteiger partial charge in [0.05, 0.1) is 0 Å². The zero-order valence-electron chi connectivity index (χ0n) is 13.6. The molecule has 19 heavy (non-hydrogen) atoms. The summed E-state index contributed by atoms with van der Waals surface area (Å²) in [5.41, 5.74) is -1.17. The molecule has 0 heterocycles. The zero-order valence-corrected chi connectivity index (χ0v) is 13.6. The lowest BCUT2D eigenvalue weighted by molar-refractivity contribution is -0.0320. The smallest absolute Gasteiger partial charge is 0.199 e. The van der Waals surface area contributed by atoms with Crippen molar-refractivity contribution in [3.63, 3.8) is 0 Å². The molecule has 0 nitrogen and oxygen atoms in total. The van der Waals surface area contributed by atoms with Crippen molar-refractivity contribution in [1.82, 2.24) is 0 Å². The molecular weight excluding hydrogens is 242 g/mol. The average Bonchev–Trinajstić information content (AvgIpc) is 2.35.